The van der Waals surface area contributed by atoms with Gasteiger partial charge in [-0.15, -0.1) is 0 Å². The number of phenols is 1. The lowest BCUT2D eigenvalue weighted by molar-refractivity contribution is 0.474. The maximum absolute atomic E-state index is 9.77. The van der Waals surface area contributed by atoms with E-state index >= 15 is 0 Å². The predicted octanol–water partition coefficient (Wildman–Crippen LogP) is 4.19. The molecule has 0 heterocycles. The molecule has 0 unspecified atom stereocenters. The highest BCUT2D eigenvalue weighted by Gasteiger charge is 2.05. The van der Waals surface area contributed by atoms with Crippen LogP contribution in [0.3, 0.4) is 0 Å². The molecule has 0 aliphatic heterocycles. The summed E-state index contributed by atoms with van der Waals surface area (Å²) in [5.74, 6) is -0.0420. The van der Waals surface area contributed by atoms with Crippen molar-refractivity contribution in [1.29, 1.82) is 5.26 Å². The van der Waals surface area contributed by atoms with E-state index in [4.69, 9.17) is 28.5 Å². The Balaban J connectivity index is 2.12. The molecule has 0 radical (unpaired) electrons. The predicted molar refractivity (Wildman–Crippen MR) is 80.6 cm³/mol. The van der Waals surface area contributed by atoms with Crippen LogP contribution >= 0.6 is 23.2 Å². The van der Waals surface area contributed by atoms with Crippen LogP contribution in [0.2, 0.25) is 10.0 Å². The number of hydrogen-bond acceptors (Lipinski definition) is 3. The zero-order valence-electron chi connectivity index (χ0n) is 10.3. The van der Waals surface area contributed by atoms with Gasteiger partial charge in [-0.3, -0.25) is 4.99 Å². The molecule has 0 fully saturated rings. The number of nitrogens with zero attached hydrogens (tertiary/aromatic N) is 2. The van der Waals surface area contributed by atoms with Crippen LogP contribution in [0.5, 0.6) is 5.75 Å². The van der Waals surface area contributed by atoms with Crippen LogP contribution in [0, 0.1) is 11.3 Å². The van der Waals surface area contributed by atoms with E-state index in [1.807, 2.05) is 12.1 Å². The molecule has 5 heteroatoms. The van der Waals surface area contributed by atoms with Crippen molar-refractivity contribution in [1.82, 2.24) is 0 Å². The molecule has 0 aromatic heterocycles. The van der Waals surface area contributed by atoms with E-state index in [2.05, 4.69) is 11.1 Å². The molecule has 2 aromatic carbocycles. The van der Waals surface area contributed by atoms with E-state index in [-0.39, 0.29) is 10.8 Å². The third-order valence-corrected chi connectivity index (χ3v) is 3.15. The van der Waals surface area contributed by atoms with Gasteiger partial charge in [0.25, 0.3) is 0 Å². The van der Waals surface area contributed by atoms with Gasteiger partial charge in [-0.2, -0.15) is 5.26 Å². The van der Waals surface area contributed by atoms with Crippen molar-refractivity contribution in [3.8, 4) is 11.8 Å². The number of nitriles is 1. The molecule has 2 rings (SSSR count). The number of aromatic hydroxyl groups is 1. The molecule has 0 aliphatic carbocycles. The summed E-state index contributed by atoms with van der Waals surface area (Å²) in [5.41, 5.74) is 2.04. The summed E-state index contributed by atoms with van der Waals surface area (Å²) in [5, 5.41) is 19.1. The average molecular weight is 305 g/mol. The van der Waals surface area contributed by atoms with Gasteiger partial charge in [-0.25, -0.2) is 0 Å². The number of phenolic OH excluding ortho intramolecular Hbond substituents is 1. The molecule has 20 heavy (non-hydrogen) atoms. The van der Waals surface area contributed by atoms with E-state index in [0.717, 1.165) is 5.56 Å². The molecule has 2 aromatic rings. The van der Waals surface area contributed by atoms with Gasteiger partial charge in [0.15, 0.2) is 0 Å². The first-order valence-corrected chi connectivity index (χ1v) is 6.52. The Bertz CT molecular complexity index is 688. The van der Waals surface area contributed by atoms with E-state index < -0.39 is 0 Å². The molecular weight excluding hydrogens is 295 g/mol. The highest BCUT2D eigenvalue weighted by Crippen LogP contribution is 2.30. The number of benzene rings is 2. The summed E-state index contributed by atoms with van der Waals surface area (Å²) in [4.78, 5) is 4.23. The van der Waals surface area contributed by atoms with Gasteiger partial charge in [0.1, 0.15) is 5.75 Å². The normalized spacial score (nSPS) is 10.7. The molecule has 1 N–H and O–H groups in total. The van der Waals surface area contributed by atoms with Crippen LogP contribution in [-0.4, -0.2) is 11.3 Å². The van der Waals surface area contributed by atoms with Crippen molar-refractivity contribution in [2.24, 2.45) is 4.99 Å². The van der Waals surface area contributed by atoms with Gasteiger partial charge in [-0.1, -0.05) is 35.3 Å². The monoisotopic (exact) mass is 304 g/mol. The van der Waals surface area contributed by atoms with Gasteiger partial charge in [0.05, 0.1) is 23.2 Å². The van der Waals surface area contributed by atoms with Gasteiger partial charge in [0, 0.05) is 16.8 Å². The van der Waals surface area contributed by atoms with Crippen molar-refractivity contribution < 1.29 is 5.11 Å². The molecule has 0 saturated carbocycles. The molecule has 0 spiro atoms. The van der Waals surface area contributed by atoms with Crippen molar-refractivity contribution in [2.75, 3.05) is 0 Å². The van der Waals surface area contributed by atoms with E-state index in [1.165, 1.54) is 12.3 Å². The minimum Gasteiger partial charge on any atom is -0.506 e. The second kappa shape index (κ2) is 6.42. The Labute approximate surface area is 126 Å². The third kappa shape index (κ3) is 3.51. The standard InChI is InChI=1S/C15H10Cl2N2O/c16-13-5-12(15(20)14(17)6-13)9-19-8-11-3-1-10(7-18)2-4-11/h1-6,9,20H,8H2. The fourth-order valence-corrected chi connectivity index (χ4v) is 2.13. The largest absolute Gasteiger partial charge is 0.506 e. The Kier molecular flexibility index (Phi) is 4.62. The number of halogens is 2. The molecule has 0 saturated heterocycles. The van der Waals surface area contributed by atoms with Crippen LogP contribution in [0.15, 0.2) is 41.4 Å². The molecule has 0 aliphatic rings. The molecule has 100 valence electrons. The Morgan fingerprint density at radius 1 is 1.20 bits per heavy atom. The zero-order chi connectivity index (χ0) is 14.5. The molecule has 0 bridgehead atoms. The molecule has 0 atom stereocenters. The van der Waals surface area contributed by atoms with Crippen molar-refractivity contribution in [3.05, 3.63) is 63.1 Å². The Hall–Kier alpha value is -2.02. The van der Waals surface area contributed by atoms with Gasteiger partial charge in [-0.05, 0) is 29.8 Å². The van der Waals surface area contributed by atoms with Crippen LogP contribution in [0.25, 0.3) is 0 Å². The van der Waals surface area contributed by atoms with Gasteiger partial charge in [0.2, 0.25) is 0 Å². The van der Waals surface area contributed by atoms with E-state index in [1.54, 1.807) is 18.2 Å². The topological polar surface area (TPSA) is 56.4 Å². The quantitative estimate of drug-likeness (QED) is 0.864. The molecular formula is C15H10Cl2N2O. The maximum Gasteiger partial charge on any atom is 0.143 e. The lowest BCUT2D eigenvalue weighted by Gasteiger charge is -2.02. The van der Waals surface area contributed by atoms with Gasteiger partial charge < -0.3 is 5.11 Å². The SMILES string of the molecule is N#Cc1ccc(CN=Cc2cc(Cl)cc(Cl)c2O)cc1. The second-order valence-corrected chi connectivity index (χ2v) is 4.95. The van der Waals surface area contributed by atoms with Crippen LogP contribution in [-0.2, 0) is 6.54 Å². The number of rotatable bonds is 3. The Morgan fingerprint density at radius 3 is 2.55 bits per heavy atom. The zero-order valence-corrected chi connectivity index (χ0v) is 11.9. The first kappa shape index (κ1) is 14.4. The fraction of sp³-hybridized carbons (Fsp3) is 0.0667. The van der Waals surface area contributed by atoms with Crippen molar-refractivity contribution >= 4 is 29.4 Å². The smallest absolute Gasteiger partial charge is 0.143 e. The minimum atomic E-state index is -0.0420. The first-order valence-electron chi connectivity index (χ1n) is 5.77. The van der Waals surface area contributed by atoms with Crippen molar-refractivity contribution in [2.45, 2.75) is 6.54 Å². The number of aliphatic imine (C=N–C) groups is 1. The first-order chi connectivity index (χ1) is 9.60. The maximum atomic E-state index is 9.77. The lowest BCUT2D eigenvalue weighted by Crippen LogP contribution is -1.87. The summed E-state index contributed by atoms with van der Waals surface area (Å²) in [6.07, 6.45) is 1.52. The third-order valence-electron chi connectivity index (χ3n) is 2.64. The highest BCUT2D eigenvalue weighted by atomic mass is 35.5. The lowest BCUT2D eigenvalue weighted by atomic mass is 10.1. The van der Waals surface area contributed by atoms with E-state index in [9.17, 15) is 5.11 Å². The van der Waals surface area contributed by atoms with Gasteiger partial charge >= 0.3 is 0 Å². The van der Waals surface area contributed by atoms with Crippen LogP contribution in [0.1, 0.15) is 16.7 Å². The summed E-state index contributed by atoms with van der Waals surface area (Å²) >= 11 is 11.7. The summed E-state index contributed by atoms with van der Waals surface area (Å²) in [6, 6.07) is 12.2. The second-order valence-electron chi connectivity index (χ2n) is 4.10. The van der Waals surface area contributed by atoms with Crippen LogP contribution < -0.4 is 0 Å². The fourth-order valence-electron chi connectivity index (χ4n) is 1.62. The summed E-state index contributed by atoms with van der Waals surface area (Å²) in [7, 11) is 0. The van der Waals surface area contributed by atoms with Crippen molar-refractivity contribution in [3.63, 3.8) is 0 Å². The number of hydrogen-bond donors (Lipinski definition) is 1. The highest BCUT2D eigenvalue weighted by molar-refractivity contribution is 6.36. The average Bonchev–Trinajstić information content (AvgIpc) is 2.44. The van der Waals surface area contributed by atoms with E-state index in [0.29, 0.717) is 22.7 Å². The molecule has 3 nitrogen and oxygen atoms in total. The summed E-state index contributed by atoms with van der Waals surface area (Å²) in [6.45, 7) is 0.440. The molecule has 0 amide bonds. The Morgan fingerprint density at radius 2 is 1.90 bits per heavy atom. The van der Waals surface area contributed by atoms with Crippen LogP contribution in [0.4, 0.5) is 0 Å². The summed E-state index contributed by atoms with van der Waals surface area (Å²) < 4.78 is 0. The minimum absolute atomic E-state index is 0.0420.